The highest BCUT2D eigenvalue weighted by atomic mass is 35.5. The molecule has 0 aliphatic carbocycles. The third-order valence-corrected chi connectivity index (χ3v) is 7.17. The topological polar surface area (TPSA) is 92.3 Å². The fourth-order valence-corrected chi connectivity index (χ4v) is 4.69. The van der Waals surface area contributed by atoms with Gasteiger partial charge in [0, 0.05) is 10.7 Å². The van der Waals surface area contributed by atoms with Gasteiger partial charge in [-0.15, -0.1) is 0 Å². The molecule has 10 heteroatoms. The summed E-state index contributed by atoms with van der Waals surface area (Å²) in [5.41, 5.74) is 1.28. The largest absolute Gasteiger partial charge is 0.280 e. The van der Waals surface area contributed by atoms with Crippen LogP contribution in [0.4, 0.5) is 15.8 Å². The van der Waals surface area contributed by atoms with E-state index in [0.29, 0.717) is 10.7 Å². The molecular weight excluding hydrogens is 439 g/mol. The highest BCUT2D eigenvalue weighted by molar-refractivity contribution is 7.93. The Balaban J connectivity index is 1.78. The van der Waals surface area contributed by atoms with Crippen molar-refractivity contribution in [2.75, 3.05) is 9.44 Å². The Morgan fingerprint density at radius 1 is 0.724 bits per heavy atom. The van der Waals surface area contributed by atoms with Crippen molar-refractivity contribution in [1.82, 2.24) is 0 Å². The Morgan fingerprint density at radius 2 is 1.17 bits per heavy atom. The van der Waals surface area contributed by atoms with Gasteiger partial charge in [-0.2, -0.15) is 0 Å². The summed E-state index contributed by atoms with van der Waals surface area (Å²) >= 11 is 6.01. The third kappa shape index (κ3) is 5.06. The van der Waals surface area contributed by atoms with Gasteiger partial charge in [0.1, 0.15) is 5.82 Å². The molecule has 0 saturated heterocycles. The molecule has 3 aromatic rings. The molecule has 152 valence electrons. The predicted octanol–water partition coefficient (Wildman–Crippen LogP) is 4.39. The molecule has 0 saturated carbocycles. The van der Waals surface area contributed by atoms with E-state index in [-0.39, 0.29) is 15.5 Å². The van der Waals surface area contributed by atoms with Crippen LogP contribution >= 0.6 is 11.6 Å². The number of hydrogen-bond donors (Lipinski definition) is 2. The molecule has 3 aromatic carbocycles. The molecule has 6 nitrogen and oxygen atoms in total. The number of hydrogen-bond acceptors (Lipinski definition) is 4. The lowest BCUT2D eigenvalue weighted by atomic mass is 10.2. The highest BCUT2D eigenvalue weighted by Gasteiger charge is 2.17. The summed E-state index contributed by atoms with van der Waals surface area (Å²) in [5.74, 6) is -0.555. The first-order chi connectivity index (χ1) is 13.6. The zero-order chi connectivity index (χ0) is 21.2. The Morgan fingerprint density at radius 3 is 1.69 bits per heavy atom. The Hall–Kier alpha value is -2.62. The summed E-state index contributed by atoms with van der Waals surface area (Å²) in [6.07, 6.45) is 0. The molecule has 0 aromatic heterocycles. The number of aryl methyl sites for hydroxylation is 1. The minimum absolute atomic E-state index is 0.0565. The Labute approximate surface area is 173 Å². The second-order valence-corrected chi connectivity index (χ2v) is 9.93. The van der Waals surface area contributed by atoms with Gasteiger partial charge in [0.05, 0.1) is 15.5 Å². The number of halogens is 2. The maximum absolute atomic E-state index is 13.0. The van der Waals surface area contributed by atoms with Gasteiger partial charge in [-0.1, -0.05) is 17.7 Å². The number of nitrogens with one attached hydrogen (secondary N) is 2. The summed E-state index contributed by atoms with van der Waals surface area (Å²) in [6.45, 7) is 1.80. The van der Waals surface area contributed by atoms with Crippen molar-refractivity contribution >= 4 is 43.0 Å². The van der Waals surface area contributed by atoms with Crippen molar-refractivity contribution in [2.24, 2.45) is 0 Å². The first-order valence-corrected chi connectivity index (χ1v) is 11.6. The molecular formula is C19H16ClFN2O4S2. The minimum Gasteiger partial charge on any atom is -0.280 e. The van der Waals surface area contributed by atoms with E-state index in [1.807, 2.05) is 0 Å². The smallest absolute Gasteiger partial charge is 0.261 e. The maximum Gasteiger partial charge on any atom is 0.261 e. The van der Waals surface area contributed by atoms with Crippen molar-refractivity contribution in [3.05, 3.63) is 83.1 Å². The maximum atomic E-state index is 13.0. The van der Waals surface area contributed by atoms with E-state index in [1.54, 1.807) is 19.1 Å². The molecule has 0 aliphatic heterocycles. The Bertz CT molecular complexity index is 1240. The molecule has 3 rings (SSSR count). The van der Waals surface area contributed by atoms with E-state index in [4.69, 9.17) is 11.6 Å². The van der Waals surface area contributed by atoms with E-state index in [0.717, 1.165) is 29.8 Å². The number of anilines is 2. The third-order valence-electron chi connectivity index (χ3n) is 3.96. The van der Waals surface area contributed by atoms with Gasteiger partial charge in [-0.3, -0.25) is 9.44 Å². The van der Waals surface area contributed by atoms with Crippen LogP contribution in [0.3, 0.4) is 0 Å². The summed E-state index contributed by atoms with van der Waals surface area (Å²) in [6, 6.07) is 14.3. The Kier molecular flexibility index (Phi) is 5.83. The molecule has 0 fully saturated rings. The first-order valence-electron chi connectivity index (χ1n) is 8.24. The van der Waals surface area contributed by atoms with Gasteiger partial charge in [-0.05, 0) is 73.2 Å². The summed E-state index contributed by atoms with van der Waals surface area (Å²) in [4.78, 5) is -0.174. The van der Waals surface area contributed by atoms with Gasteiger partial charge in [0.15, 0.2) is 0 Å². The van der Waals surface area contributed by atoms with Crippen LogP contribution in [0, 0.1) is 12.7 Å². The van der Waals surface area contributed by atoms with E-state index in [1.165, 1.54) is 30.3 Å². The van der Waals surface area contributed by atoms with Crippen molar-refractivity contribution in [2.45, 2.75) is 16.7 Å². The lowest BCUT2D eigenvalue weighted by Crippen LogP contribution is -2.14. The van der Waals surface area contributed by atoms with Crippen LogP contribution in [0.5, 0.6) is 0 Å². The molecule has 2 N–H and O–H groups in total. The van der Waals surface area contributed by atoms with Crippen LogP contribution < -0.4 is 9.44 Å². The molecule has 0 heterocycles. The minimum atomic E-state index is -3.93. The van der Waals surface area contributed by atoms with Crippen molar-refractivity contribution in [3.8, 4) is 0 Å². The van der Waals surface area contributed by atoms with Crippen molar-refractivity contribution in [3.63, 3.8) is 0 Å². The fourth-order valence-electron chi connectivity index (χ4n) is 2.40. The van der Waals surface area contributed by atoms with Crippen LogP contribution in [-0.2, 0) is 20.0 Å². The zero-order valence-electron chi connectivity index (χ0n) is 15.1. The quantitative estimate of drug-likeness (QED) is 0.577. The van der Waals surface area contributed by atoms with Gasteiger partial charge >= 0.3 is 0 Å². The van der Waals surface area contributed by atoms with Crippen LogP contribution in [0.15, 0.2) is 76.5 Å². The average Bonchev–Trinajstić information content (AvgIpc) is 2.65. The van der Waals surface area contributed by atoms with Gasteiger partial charge < -0.3 is 0 Å². The van der Waals surface area contributed by atoms with Crippen molar-refractivity contribution in [1.29, 1.82) is 0 Å². The molecule has 0 aliphatic rings. The first kappa shape index (κ1) is 21.1. The van der Waals surface area contributed by atoms with Crippen LogP contribution in [0.1, 0.15) is 5.56 Å². The zero-order valence-corrected chi connectivity index (χ0v) is 17.4. The average molecular weight is 455 g/mol. The van der Waals surface area contributed by atoms with E-state index < -0.39 is 25.9 Å². The molecule has 0 amide bonds. The second-order valence-electron chi connectivity index (χ2n) is 6.15. The van der Waals surface area contributed by atoms with Gasteiger partial charge in [0.25, 0.3) is 20.0 Å². The van der Waals surface area contributed by atoms with E-state index >= 15 is 0 Å². The summed E-state index contributed by atoms with van der Waals surface area (Å²) < 4.78 is 67.4. The number of benzene rings is 3. The molecule has 0 spiro atoms. The molecule has 29 heavy (non-hydrogen) atoms. The molecule has 0 atom stereocenters. The predicted molar refractivity (Wildman–Crippen MR) is 111 cm³/mol. The lowest BCUT2D eigenvalue weighted by molar-refractivity contribution is 0.599. The molecule has 0 radical (unpaired) electrons. The molecule has 0 unspecified atom stereocenters. The normalized spacial score (nSPS) is 11.8. The standard InChI is InChI=1S/C19H16ClFN2O4S2/c1-13-2-5-16(12-19(13)20)23-29(26,27)18-10-6-15(7-11-18)22-28(24,25)17-8-3-14(21)4-9-17/h2-12,22-23H,1H3. The monoisotopic (exact) mass is 454 g/mol. The molecule has 0 bridgehead atoms. The van der Waals surface area contributed by atoms with Crippen LogP contribution in [-0.4, -0.2) is 16.8 Å². The van der Waals surface area contributed by atoms with Gasteiger partial charge in [-0.25, -0.2) is 21.2 Å². The summed E-state index contributed by atoms with van der Waals surface area (Å²) in [7, 11) is -7.82. The summed E-state index contributed by atoms with van der Waals surface area (Å²) in [5, 5.41) is 0.427. The fraction of sp³-hybridized carbons (Fsp3) is 0.0526. The lowest BCUT2D eigenvalue weighted by Gasteiger charge is -2.11. The van der Waals surface area contributed by atoms with E-state index in [9.17, 15) is 21.2 Å². The number of sulfonamides is 2. The highest BCUT2D eigenvalue weighted by Crippen LogP contribution is 2.24. The SMILES string of the molecule is Cc1ccc(NS(=O)(=O)c2ccc(NS(=O)(=O)c3ccc(F)cc3)cc2)cc1Cl. The van der Waals surface area contributed by atoms with E-state index in [2.05, 4.69) is 9.44 Å². The van der Waals surface area contributed by atoms with Gasteiger partial charge in [0.2, 0.25) is 0 Å². The second kappa shape index (κ2) is 8.02. The van der Waals surface area contributed by atoms with Crippen molar-refractivity contribution < 1.29 is 21.2 Å². The number of rotatable bonds is 6. The van der Waals surface area contributed by atoms with Crippen LogP contribution in [0.2, 0.25) is 5.02 Å². The van der Waals surface area contributed by atoms with Crippen LogP contribution in [0.25, 0.3) is 0 Å².